The number of anilines is 1. The van der Waals surface area contributed by atoms with Gasteiger partial charge in [-0.15, -0.1) is 0 Å². The number of hydrogen-bond acceptors (Lipinski definition) is 4. The van der Waals surface area contributed by atoms with Gasteiger partial charge >= 0.3 is 0 Å². The van der Waals surface area contributed by atoms with Crippen molar-refractivity contribution in [3.05, 3.63) is 53.6 Å². The zero-order valence-electron chi connectivity index (χ0n) is 13.1. The number of methoxy groups -OCH3 is 2. The lowest BCUT2D eigenvalue weighted by Gasteiger charge is -2.09. The fourth-order valence-electron chi connectivity index (χ4n) is 2.16. The lowest BCUT2D eigenvalue weighted by atomic mass is 10.1. The Morgan fingerprint density at radius 1 is 1.13 bits per heavy atom. The second kappa shape index (κ2) is 7.85. The maximum atomic E-state index is 12.0. The number of nitriles is 1. The highest BCUT2D eigenvalue weighted by molar-refractivity contribution is 5.91. The SMILES string of the molecule is COc1cc(CCC(=O)Nc2cccc(C#N)c2)cc(OC)c1. The molecule has 0 aliphatic carbocycles. The van der Waals surface area contributed by atoms with Crippen LogP contribution in [0.1, 0.15) is 17.5 Å². The molecule has 0 aromatic heterocycles. The highest BCUT2D eigenvalue weighted by Crippen LogP contribution is 2.23. The van der Waals surface area contributed by atoms with Gasteiger partial charge in [0.15, 0.2) is 0 Å². The molecule has 0 saturated heterocycles. The number of nitrogens with one attached hydrogen (secondary N) is 1. The van der Waals surface area contributed by atoms with Crippen molar-refractivity contribution in [1.29, 1.82) is 5.26 Å². The van der Waals surface area contributed by atoms with Gasteiger partial charge < -0.3 is 14.8 Å². The Kier molecular flexibility index (Phi) is 5.59. The average Bonchev–Trinajstić information content (AvgIpc) is 2.59. The van der Waals surface area contributed by atoms with Gasteiger partial charge in [-0.05, 0) is 42.3 Å². The van der Waals surface area contributed by atoms with Gasteiger partial charge in [-0.2, -0.15) is 5.26 Å². The van der Waals surface area contributed by atoms with Crippen LogP contribution in [0.3, 0.4) is 0 Å². The molecule has 0 fully saturated rings. The van der Waals surface area contributed by atoms with E-state index in [0.29, 0.717) is 35.6 Å². The zero-order valence-corrected chi connectivity index (χ0v) is 13.1. The third-order valence-corrected chi connectivity index (χ3v) is 3.33. The van der Waals surface area contributed by atoms with Crippen molar-refractivity contribution < 1.29 is 14.3 Å². The molecule has 1 N–H and O–H groups in total. The molecule has 118 valence electrons. The van der Waals surface area contributed by atoms with Crippen LogP contribution in [0.2, 0.25) is 0 Å². The Labute approximate surface area is 135 Å². The van der Waals surface area contributed by atoms with Crippen LogP contribution in [-0.4, -0.2) is 20.1 Å². The fraction of sp³-hybridized carbons (Fsp3) is 0.222. The van der Waals surface area contributed by atoms with E-state index in [0.717, 1.165) is 5.56 Å². The van der Waals surface area contributed by atoms with Crippen molar-refractivity contribution in [3.63, 3.8) is 0 Å². The first-order valence-electron chi connectivity index (χ1n) is 7.16. The Bertz CT molecular complexity index is 713. The lowest BCUT2D eigenvalue weighted by Crippen LogP contribution is -2.12. The summed E-state index contributed by atoms with van der Waals surface area (Å²) in [5, 5.41) is 11.7. The van der Waals surface area contributed by atoms with E-state index >= 15 is 0 Å². The molecule has 2 aromatic carbocycles. The van der Waals surface area contributed by atoms with E-state index in [2.05, 4.69) is 5.32 Å². The van der Waals surface area contributed by atoms with E-state index in [4.69, 9.17) is 14.7 Å². The maximum Gasteiger partial charge on any atom is 0.224 e. The highest BCUT2D eigenvalue weighted by atomic mass is 16.5. The van der Waals surface area contributed by atoms with Crippen molar-refractivity contribution in [2.45, 2.75) is 12.8 Å². The van der Waals surface area contributed by atoms with Crippen molar-refractivity contribution in [2.24, 2.45) is 0 Å². The predicted molar refractivity (Wildman–Crippen MR) is 87.7 cm³/mol. The number of hydrogen-bond donors (Lipinski definition) is 1. The van der Waals surface area contributed by atoms with E-state index in [1.165, 1.54) is 0 Å². The third kappa shape index (κ3) is 4.75. The number of rotatable bonds is 6. The molecule has 0 aliphatic rings. The van der Waals surface area contributed by atoms with Gasteiger partial charge in [0.05, 0.1) is 25.9 Å². The minimum absolute atomic E-state index is 0.109. The summed E-state index contributed by atoms with van der Waals surface area (Å²) in [5.74, 6) is 1.28. The van der Waals surface area contributed by atoms with Crippen molar-refractivity contribution in [2.75, 3.05) is 19.5 Å². The molecule has 23 heavy (non-hydrogen) atoms. The minimum Gasteiger partial charge on any atom is -0.497 e. The molecule has 0 bridgehead atoms. The monoisotopic (exact) mass is 310 g/mol. The van der Waals surface area contributed by atoms with Crippen LogP contribution < -0.4 is 14.8 Å². The second-order valence-corrected chi connectivity index (χ2v) is 4.96. The molecular weight excluding hydrogens is 292 g/mol. The molecule has 2 aromatic rings. The van der Waals surface area contributed by atoms with E-state index in [1.807, 2.05) is 18.2 Å². The van der Waals surface area contributed by atoms with Crippen LogP contribution in [0, 0.1) is 11.3 Å². The molecule has 0 radical (unpaired) electrons. The van der Waals surface area contributed by atoms with Crippen molar-refractivity contribution >= 4 is 11.6 Å². The Morgan fingerprint density at radius 3 is 2.43 bits per heavy atom. The highest BCUT2D eigenvalue weighted by Gasteiger charge is 2.07. The summed E-state index contributed by atoms with van der Waals surface area (Å²) < 4.78 is 10.4. The van der Waals surface area contributed by atoms with Gasteiger partial charge in [0.25, 0.3) is 0 Å². The van der Waals surface area contributed by atoms with E-state index in [1.54, 1.807) is 44.6 Å². The van der Waals surface area contributed by atoms with Crippen LogP contribution in [-0.2, 0) is 11.2 Å². The summed E-state index contributed by atoms with van der Waals surface area (Å²) in [5.41, 5.74) is 2.10. The summed E-state index contributed by atoms with van der Waals surface area (Å²) in [6.07, 6.45) is 0.893. The van der Waals surface area contributed by atoms with Gasteiger partial charge in [-0.25, -0.2) is 0 Å². The molecule has 0 unspecified atom stereocenters. The summed E-state index contributed by atoms with van der Waals surface area (Å²) in [6, 6.07) is 14.4. The summed E-state index contributed by atoms with van der Waals surface area (Å²) in [7, 11) is 3.18. The Balaban J connectivity index is 1.97. The molecule has 0 aliphatic heterocycles. The van der Waals surface area contributed by atoms with Crippen LogP contribution in [0.25, 0.3) is 0 Å². The molecular formula is C18H18N2O3. The number of carbonyl (C=O) groups is 1. The van der Waals surface area contributed by atoms with E-state index < -0.39 is 0 Å². The topological polar surface area (TPSA) is 71.3 Å². The van der Waals surface area contributed by atoms with Crippen LogP contribution in [0.15, 0.2) is 42.5 Å². The molecule has 0 spiro atoms. The second-order valence-electron chi connectivity index (χ2n) is 4.96. The quantitative estimate of drug-likeness (QED) is 0.889. The zero-order chi connectivity index (χ0) is 16.7. The van der Waals surface area contributed by atoms with Gasteiger partial charge in [0.2, 0.25) is 5.91 Å². The lowest BCUT2D eigenvalue weighted by molar-refractivity contribution is -0.116. The molecule has 5 heteroatoms. The minimum atomic E-state index is -0.109. The molecule has 0 heterocycles. The number of carbonyl (C=O) groups excluding carboxylic acids is 1. The van der Waals surface area contributed by atoms with Crippen LogP contribution in [0.5, 0.6) is 11.5 Å². The third-order valence-electron chi connectivity index (χ3n) is 3.33. The van der Waals surface area contributed by atoms with Gasteiger partial charge in [-0.3, -0.25) is 4.79 Å². The number of aryl methyl sites for hydroxylation is 1. The predicted octanol–water partition coefficient (Wildman–Crippen LogP) is 3.15. The summed E-state index contributed by atoms with van der Waals surface area (Å²) >= 11 is 0. The van der Waals surface area contributed by atoms with Crippen LogP contribution in [0.4, 0.5) is 5.69 Å². The Morgan fingerprint density at radius 2 is 1.83 bits per heavy atom. The standard InChI is InChI=1S/C18H18N2O3/c1-22-16-9-13(10-17(11-16)23-2)6-7-18(21)20-15-5-3-4-14(8-15)12-19/h3-5,8-11H,6-7H2,1-2H3,(H,20,21). The van der Waals surface area contributed by atoms with Crippen LogP contribution >= 0.6 is 0 Å². The number of benzene rings is 2. The first-order chi connectivity index (χ1) is 11.1. The van der Waals surface area contributed by atoms with Crippen molar-refractivity contribution in [3.8, 4) is 17.6 Å². The average molecular weight is 310 g/mol. The van der Waals surface area contributed by atoms with Gasteiger partial charge in [-0.1, -0.05) is 6.07 Å². The molecule has 0 saturated carbocycles. The first-order valence-corrected chi connectivity index (χ1v) is 7.16. The molecule has 1 amide bonds. The number of amides is 1. The fourth-order valence-corrected chi connectivity index (χ4v) is 2.16. The summed E-state index contributed by atoms with van der Waals surface area (Å²) in [4.78, 5) is 12.0. The smallest absolute Gasteiger partial charge is 0.224 e. The molecule has 5 nitrogen and oxygen atoms in total. The number of nitrogens with zero attached hydrogens (tertiary/aromatic N) is 1. The Hall–Kier alpha value is -3.00. The largest absolute Gasteiger partial charge is 0.497 e. The normalized spacial score (nSPS) is 9.78. The maximum absolute atomic E-state index is 12.0. The van der Waals surface area contributed by atoms with Gasteiger partial charge in [0.1, 0.15) is 11.5 Å². The molecule has 0 atom stereocenters. The number of ether oxygens (including phenoxy) is 2. The van der Waals surface area contributed by atoms with Crippen molar-refractivity contribution in [1.82, 2.24) is 0 Å². The van der Waals surface area contributed by atoms with E-state index in [9.17, 15) is 4.79 Å². The van der Waals surface area contributed by atoms with E-state index in [-0.39, 0.29) is 5.91 Å². The molecule has 2 rings (SSSR count). The van der Waals surface area contributed by atoms with Gasteiger partial charge in [0, 0.05) is 18.2 Å². The summed E-state index contributed by atoms with van der Waals surface area (Å²) in [6.45, 7) is 0. The first kappa shape index (κ1) is 16.4.